The average molecular weight is 1560 g/mol. The Bertz CT molecular complexity index is 6940. The summed E-state index contributed by atoms with van der Waals surface area (Å²) < 4.78 is 75.6. The highest BCUT2D eigenvalue weighted by Gasteiger charge is 2.47. The van der Waals surface area contributed by atoms with Crippen molar-refractivity contribution in [2.24, 2.45) is 0 Å². The molecule has 17 aromatic carbocycles. The molecule has 0 saturated heterocycles. The number of hydrogen-bond acceptors (Lipinski definition) is 4. The van der Waals surface area contributed by atoms with Gasteiger partial charge in [0.05, 0.1) is 53.0 Å². The Labute approximate surface area is 718 Å². The summed E-state index contributed by atoms with van der Waals surface area (Å²) in [6, 6.07) is 126. The third-order valence-corrected chi connectivity index (χ3v) is 24.5. The van der Waals surface area contributed by atoms with Crippen LogP contribution in [0.15, 0.2) is 400 Å². The zero-order chi connectivity index (χ0) is 87.2. The first-order chi connectivity index (χ1) is 61.5. The quantitative estimate of drug-likeness (QED) is 0.101. The van der Waals surface area contributed by atoms with E-state index in [1.165, 1.54) is 0 Å². The van der Waals surface area contributed by atoms with E-state index in [1.807, 2.05) is 97.1 Å². The van der Waals surface area contributed by atoms with Gasteiger partial charge in [0.1, 0.15) is 0 Å². The van der Waals surface area contributed by atoms with Crippen LogP contribution >= 0.6 is 0 Å². The summed E-state index contributed by atoms with van der Waals surface area (Å²) in [5.74, 6) is 0. The zero-order valence-corrected chi connectivity index (χ0v) is 69.4. The van der Waals surface area contributed by atoms with Crippen molar-refractivity contribution in [3.63, 3.8) is 0 Å². The van der Waals surface area contributed by atoms with Gasteiger partial charge < -0.3 is 28.7 Å². The van der Waals surface area contributed by atoms with Gasteiger partial charge in [-0.2, -0.15) is 0 Å². The van der Waals surface area contributed by atoms with Crippen LogP contribution in [0.3, 0.4) is 0 Å². The van der Waals surface area contributed by atoms with Crippen LogP contribution in [0.2, 0.25) is 0 Å². The van der Waals surface area contributed by atoms with E-state index in [9.17, 15) is 8.22 Å². The van der Waals surface area contributed by atoms with Crippen molar-refractivity contribution in [1.29, 1.82) is 0 Å². The van der Waals surface area contributed by atoms with E-state index in [4.69, 9.17) is 0 Å². The lowest BCUT2D eigenvalue weighted by atomic mass is 9.33. The molecule has 0 unspecified atom stereocenters. The van der Waals surface area contributed by atoms with Crippen LogP contribution in [0.25, 0.3) is 99.5 Å². The summed E-state index contributed by atoms with van der Waals surface area (Å²) in [7, 11) is 0. The van der Waals surface area contributed by atoms with Crippen molar-refractivity contribution in [3.8, 4) is 55.9 Å². The fourth-order valence-electron chi connectivity index (χ4n) is 18.6. The van der Waals surface area contributed by atoms with Gasteiger partial charge in [0.2, 0.25) is 0 Å². The first-order valence-electron chi connectivity index (χ1n) is 45.0. The molecule has 0 fully saturated rings. The number of benzene rings is 17. The average Bonchev–Trinajstić information content (AvgIpc) is 0.985. The second kappa shape index (κ2) is 29.3. The van der Waals surface area contributed by atoms with Gasteiger partial charge in [0, 0.05) is 101 Å². The standard InChI is InChI=1S/C114H93BN6/c1-112(2,3)80-68-93(76-40-18-10-19-41-76)108(94(69-80)77-42-20-11-21-43-77)120-103-74-87(118-99-60-36-34-56-89(99)91-58-38-62-101(110(91)118)116(83-48-26-14-27-49-83)84-50-28-15-29-51-84)64-66-97(103)115-98-67-65-88(119-100-61-37-35-57-90(100)92-59-39-63-102(111(92)119)117(85-52-30-16-31-53-85)86-54-32-17-33-55-86)75-104(98)121(106-73-82(114(7,8)9)72-105(120)107(106)115)109-95(78-44-22-12-23-45-78)70-81(113(4,5)6)71-96(109)79-46-24-13-25-47-79/h10-75H,1-9H3/i64D,65D,66D,67D,74D,75D. The lowest BCUT2D eigenvalue weighted by Crippen LogP contribution is -2.61. The number of aromatic nitrogens is 2. The summed E-state index contributed by atoms with van der Waals surface area (Å²) >= 11 is 0. The number of anilines is 12. The Morgan fingerprint density at radius 3 is 0.851 bits per heavy atom. The molecule has 0 radical (unpaired) electrons. The van der Waals surface area contributed by atoms with Crippen LogP contribution in [0.1, 0.15) is 87.2 Å². The van der Waals surface area contributed by atoms with Crippen molar-refractivity contribution >= 4 is 135 Å². The third-order valence-electron chi connectivity index (χ3n) is 24.5. The van der Waals surface area contributed by atoms with Crippen LogP contribution in [-0.2, 0) is 16.2 Å². The highest BCUT2D eigenvalue weighted by atomic mass is 15.2. The van der Waals surface area contributed by atoms with Crippen molar-refractivity contribution in [1.82, 2.24) is 9.13 Å². The van der Waals surface area contributed by atoms with Gasteiger partial charge in [-0.1, -0.05) is 329 Å². The van der Waals surface area contributed by atoms with Crippen molar-refractivity contribution in [2.75, 3.05) is 19.6 Å². The Balaban J connectivity index is 0.989. The summed E-state index contributed by atoms with van der Waals surface area (Å²) in [5.41, 5.74) is 22.0. The van der Waals surface area contributed by atoms with E-state index in [2.05, 4.69) is 358 Å². The molecule has 582 valence electrons. The summed E-state index contributed by atoms with van der Waals surface area (Å²) in [4.78, 5) is 9.08. The Morgan fingerprint density at radius 2 is 0.545 bits per heavy atom. The molecule has 21 rings (SSSR count). The van der Waals surface area contributed by atoms with Gasteiger partial charge in [0.15, 0.2) is 0 Å². The van der Waals surface area contributed by atoms with E-state index >= 15 is 0 Å². The maximum atomic E-state index is 12.3. The highest BCUT2D eigenvalue weighted by Crippen LogP contribution is 2.57. The number of nitrogens with zero attached hydrogens (tertiary/aromatic N) is 6. The first-order valence-corrected chi connectivity index (χ1v) is 42.0. The van der Waals surface area contributed by atoms with Gasteiger partial charge in [-0.15, -0.1) is 0 Å². The largest absolute Gasteiger partial charge is 0.310 e. The molecule has 6 nitrogen and oxygen atoms in total. The smallest absolute Gasteiger partial charge is 0.252 e. The minimum Gasteiger partial charge on any atom is -0.310 e. The molecule has 0 saturated carbocycles. The predicted octanol–water partition coefficient (Wildman–Crippen LogP) is 29.5. The van der Waals surface area contributed by atoms with Crippen LogP contribution < -0.4 is 36.0 Å². The van der Waals surface area contributed by atoms with Gasteiger partial charge in [-0.05, 0) is 205 Å². The minimum atomic E-state index is -1.22. The molecule has 2 aliphatic rings. The lowest BCUT2D eigenvalue weighted by molar-refractivity contribution is 0.590. The summed E-state index contributed by atoms with van der Waals surface area (Å²) in [6.07, 6.45) is 0. The van der Waals surface area contributed by atoms with Crippen LogP contribution in [0, 0.1) is 0 Å². The topological polar surface area (TPSA) is 22.8 Å². The van der Waals surface area contributed by atoms with E-state index in [0.29, 0.717) is 39.1 Å². The zero-order valence-electron chi connectivity index (χ0n) is 75.4. The van der Waals surface area contributed by atoms with Crippen LogP contribution in [0.4, 0.5) is 68.2 Å². The van der Waals surface area contributed by atoms with Gasteiger partial charge in [-0.3, -0.25) is 0 Å². The minimum absolute atomic E-state index is 0.0373. The lowest BCUT2D eigenvalue weighted by Gasteiger charge is -2.47. The maximum Gasteiger partial charge on any atom is 0.252 e. The molecule has 0 aliphatic carbocycles. The fraction of sp³-hybridized carbons (Fsp3) is 0.105. The molecule has 0 amide bonds. The summed E-state index contributed by atoms with van der Waals surface area (Å²) in [6.45, 7) is 19.1. The van der Waals surface area contributed by atoms with Crippen LogP contribution in [-0.4, -0.2) is 15.8 Å². The molecule has 0 spiro atoms. The SMILES string of the molecule is [2H]c1c([2H])c(-n2c3ccccc3c3cccc(N(c4ccccc4)c4ccccc4)c32)c([2H])c2c1B1c3c(cc(C(C)(C)C)cc3N(c3c(-c4ccccc4)cc(C(C)(C)C)cc3-c3ccccc3)c3c([2H])c(-n4c5ccccc5c5cccc(N(c6ccccc6)c6ccccc6)c54)c([2H])c([2H])c31)N2c1c(-c2ccccc2)cc(C(C)(C)C)cc1-c1ccccc1. The van der Waals surface area contributed by atoms with Crippen molar-refractivity contribution in [3.05, 3.63) is 417 Å². The number of fused-ring (bicyclic) bond motifs is 10. The number of para-hydroxylation sites is 8. The molecule has 0 atom stereocenters. The Kier molecular flexibility index (Phi) is 16.4. The van der Waals surface area contributed by atoms with Gasteiger partial charge in [0.25, 0.3) is 6.71 Å². The molecular weight excluding hydrogens is 1460 g/mol. The molecule has 2 aliphatic heterocycles. The molecule has 19 aromatic rings. The molecular formula is C114H93BN6. The Hall–Kier alpha value is -14.4. The second-order valence-corrected chi connectivity index (χ2v) is 35.1. The molecule has 4 heterocycles. The van der Waals surface area contributed by atoms with Crippen molar-refractivity contribution < 1.29 is 8.22 Å². The number of rotatable bonds is 14. The molecule has 7 heteroatoms. The van der Waals surface area contributed by atoms with E-state index in [0.717, 1.165) is 150 Å². The monoisotopic (exact) mass is 1560 g/mol. The molecule has 0 bridgehead atoms. The first kappa shape index (κ1) is 67.6. The van der Waals surface area contributed by atoms with Crippen molar-refractivity contribution in [2.45, 2.75) is 78.6 Å². The van der Waals surface area contributed by atoms with Crippen LogP contribution in [0.5, 0.6) is 0 Å². The number of hydrogen-bond donors (Lipinski definition) is 0. The highest BCUT2D eigenvalue weighted by molar-refractivity contribution is 7.00. The molecule has 0 N–H and O–H groups in total. The third kappa shape index (κ3) is 12.6. The van der Waals surface area contributed by atoms with Gasteiger partial charge in [-0.25, -0.2) is 0 Å². The Morgan fingerprint density at radius 1 is 0.273 bits per heavy atom. The fourth-order valence-corrected chi connectivity index (χ4v) is 18.6. The normalized spacial score (nSPS) is 13.3. The van der Waals surface area contributed by atoms with E-state index in [1.54, 1.807) is 0 Å². The molecule has 2 aromatic heterocycles. The predicted molar refractivity (Wildman–Crippen MR) is 516 cm³/mol. The molecule has 121 heavy (non-hydrogen) atoms. The van der Waals surface area contributed by atoms with E-state index in [-0.39, 0.29) is 47.6 Å². The summed E-state index contributed by atoms with van der Waals surface area (Å²) in [5, 5.41) is 3.56. The van der Waals surface area contributed by atoms with Gasteiger partial charge >= 0.3 is 0 Å². The second-order valence-electron chi connectivity index (χ2n) is 35.1. The van der Waals surface area contributed by atoms with E-state index < -0.39 is 23.0 Å². The maximum absolute atomic E-state index is 12.3.